The van der Waals surface area contributed by atoms with Gasteiger partial charge in [-0.3, -0.25) is 4.79 Å². The molecular weight excluding hydrogens is 393 g/mol. The molecule has 1 amide bonds. The average Bonchev–Trinajstić information content (AvgIpc) is 3.04. The van der Waals surface area contributed by atoms with E-state index in [0.29, 0.717) is 22.8 Å². The zero-order valence-corrected chi connectivity index (χ0v) is 17.8. The fourth-order valence-corrected chi connectivity index (χ4v) is 4.29. The molecule has 158 valence electrons. The van der Waals surface area contributed by atoms with Crippen molar-refractivity contribution in [3.8, 4) is 5.75 Å². The molecule has 3 N–H and O–H groups in total. The Balaban J connectivity index is 1.56. The minimum absolute atomic E-state index is 0.0248. The van der Waals surface area contributed by atoms with Crippen LogP contribution in [0.1, 0.15) is 45.9 Å². The maximum absolute atomic E-state index is 13.7. The van der Waals surface area contributed by atoms with E-state index in [1.165, 1.54) is 35.0 Å². The molecular formula is C20H28FN5O2S. The Hall–Kier alpha value is -2.29. The summed E-state index contributed by atoms with van der Waals surface area (Å²) in [6.07, 6.45) is 3.37. The highest BCUT2D eigenvalue weighted by Gasteiger charge is 2.30. The zero-order valence-electron chi connectivity index (χ0n) is 17.0. The maximum Gasteiger partial charge on any atom is 0.233 e. The SMILES string of the molecule is C[C@H]1[C@H](C)CCC[C@H]1NC(=O)[C@H](C)Sc1nnc(COc2ccccc2F)n1N. The number of nitrogens with one attached hydrogen (secondary N) is 1. The van der Waals surface area contributed by atoms with Crippen LogP contribution in [0.15, 0.2) is 29.4 Å². The molecule has 1 saturated carbocycles. The number of ether oxygens (including phenoxy) is 1. The molecule has 1 aromatic carbocycles. The minimum Gasteiger partial charge on any atom is -0.482 e. The van der Waals surface area contributed by atoms with E-state index in [4.69, 9.17) is 10.6 Å². The van der Waals surface area contributed by atoms with Crippen molar-refractivity contribution in [1.82, 2.24) is 20.2 Å². The zero-order chi connectivity index (χ0) is 21.0. The van der Waals surface area contributed by atoms with Crippen LogP contribution in [0, 0.1) is 17.7 Å². The van der Waals surface area contributed by atoms with E-state index in [2.05, 4.69) is 29.4 Å². The summed E-state index contributed by atoms with van der Waals surface area (Å²) in [5.41, 5.74) is 0. The molecule has 7 nitrogen and oxygen atoms in total. The van der Waals surface area contributed by atoms with Gasteiger partial charge in [0, 0.05) is 6.04 Å². The van der Waals surface area contributed by atoms with Crippen molar-refractivity contribution >= 4 is 17.7 Å². The summed E-state index contributed by atoms with van der Waals surface area (Å²) in [6, 6.07) is 6.32. The number of rotatable bonds is 7. The number of carbonyl (C=O) groups is 1. The van der Waals surface area contributed by atoms with E-state index < -0.39 is 5.82 Å². The van der Waals surface area contributed by atoms with Crippen LogP contribution in [-0.4, -0.2) is 32.1 Å². The summed E-state index contributed by atoms with van der Waals surface area (Å²) in [5.74, 6) is 7.09. The number of hydrogen-bond donors (Lipinski definition) is 2. The van der Waals surface area contributed by atoms with E-state index >= 15 is 0 Å². The number of nitrogen functional groups attached to an aromatic ring is 1. The molecule has 0 unspecified atom stereocenters. The second kappa shape index (κ2) is 9.47. The molecule has 29 heavy (non-hydrogen) atoms. The number of benzene rings is 1. The fourth-order valence-electron chi connectivity index (χ4n) is 3.49. The number of nitrogens with zero attached hydrogens (tertiary/aromatic N) is 3. The Bertz CT molecular complexity index is 846. The van der Waals surface area contributed by atoms with Gasteiger partial charge in [0.05, 0.1) is 5.25 Å². The number of aromatic nitrogens is 3. The molecule has 1 aliphatic carbocycles. The Morgan fingerprint density at radius 1 is 1.38 bits per heavy atom. The first-order valence-electron chi connectivity index (χ1n) is 9.90. The van der Waals surface area contributed by atoms with E-state index in [-0.39, 0.29) is 29.6 Å². The Kier molecular flexibility index (Phi) is 7.00. The van der Waals surface area contributed by atoms with Crippen LogP contribution in [-0.2, 0) is 11.4 Å². The van der Waals surface area contributed by atoms with E-state index in [1.54, 1.807) is 12.1 Å². The third-order valence-corrected chi connectivity index (χ3v) is 6.67. The first kappa shape index (κ1) is 21.4. The lowest BCUT2D eigenvalue weighted by molar-refractivity contribution is -0.121. The third-order valence-electron chi connectivity index (χ3n) is 5.61. The summed E-state index contributed by atoms with van der Waals surface area (Å²) in [6.45, 7) is 6.23. The summed E-state index contributed by atoms with van der Waals surface area (Å²) < 4.78 is 20.4. The number of para-hydroxylation sites is 1. The molecule has 0 spiro atoms. The molecule has 9 heteroatoms. The van der Waals surface area contributed by atoms with Gasteiger partial charge in [-0.15, -0.1) is 10.2 Å². The number of hydrogen-bond acceptors (Lipinski definition) is 6. The molecule has 1 aromatic heterocycles. The van der Waals surface area contributed by atoms with Gasteiger partial charge in [-0.05, 0) is 37.3 Å². The maximum atomic E-state index is 13.7. The van der Waals surface area contributed by atoms with Crippen LogP contribution in [0.3, 0.4) is 0 Å². The fraction of sp³-hybridized carbons (Fsp3) is 0.550. The Morgan fingerprint density at radius 2 is 2.14 bits per heavy atom. The smallest absolute Gasteiger partial charge is 0.233 e. The number of amides is 1. The van der Waals surface area contributed by atoms with Crippen molar-refractivity contribution in [2.75, 3.05) is 5.84 Å². The molecule has 0 radical (unpaired) electrons. The Morgan fingerprint density at radius 3 is 2.90 bits per heavy atom. The topological polar surface area (TPSA) is 95.1 Å². The van der Waals surface area contributed by atoms with Gasteiger partial charge in [0.15, 0.2) is 17.4 Å². The van der Waals surface area contributed by atoms with Crippen LogP contribution in [0.5, 0.6) is 5.75 Å². The molecule has 0 bridgehead atoms. The quantitative estimate of drug-likeness (QED) is 0.527. The van der Waals surface area contributed by atoms with Crippen LogP contribution < -0.4 is 15.9 Å². The largest absolute Gasteiger partial charge is 0.482 e. The summed E-state index contributed by atoms with van der Waals surface area (Å²) in [5, 5.41) is 11.3. The lowest BCUT2D eigenvalue weighted by Crippen LogP contribution is -2.46. The van der Waals surface area contributed by atoms with Gasteiger partial charge < -0.3 is 15.9 Å². The highest BCUT2D eigenvalue weighted by molar-refractivity contribution is 8.00. The second-order valence-electron chi connectivity index (χ2n) is 7.63. The van der Waals surface area contributed by atoms with Crippen molar-refractivity contribution in [1.29, 1.82) is 0 Å². The molecule has 1 aliphatic rings. The summed E-state index contributed by atoms with van der Waals surface area (Å²) in [4.78, 5) is 12.6. The lowest BCUT2D eigenvalue weighted by atomic mass is 9.78. The van der Waals surface area contributed by atoms with Crippen LogP contribution >= 0.6 is 11.8 Å². The standard InChI is InChI=1S/C20H28FN5O2S/c1-12-7-6-9-16(13(12)2)23-19(27)14(3)29-20-25-24-18(26(20)22)11-28-17-10-5-4-8-15(17)21/h4-5,8,10,12-14,16H,6-7,9,11,22H2,1-3H3,(H,23,27)/t12-,13+,14+,16-/m1/s1. The van der Waals surface area contributed by atoms with Crippen LogP contribution in [0.25, 0.3) is 0 Å². The van der Waals surface area contributed by atoms with E-state index in [1.807, 2.05) is 6.92 Å². The first-order chi connectivity index (χ1) is 13.9. The summed E-state index contributed by atoms with van der Waals surface area (Å²) >= 11 is 1.24. The molecule has 1 heterocycles. The normalized spacial score (nSPS) is 22.8. The number of nitrogens with two attached hydrogens (primary N) is 1. The van der Waals surface area contributed by atoms with E-state index in [0.717, 1.165) is 12.8 Å². The summed E-state index contributed by atoms with van der Waals surface area (Å²) in [7, 11) is 0. The second-order valence-corrected chi connectivity index (χ2v) is 8.94. The van der Waals surface area contributed by atoms with Gasteiger partial charge in [0.1, 0.15) is 6.61 Å². The van der Waals surface area contributed by atoms with Crippen LogP contribution in [0.2, 0.25) is 0 Å². The highest BCUT2D eigenvalue weighted by Crippen LogP contribution is 2.30. The first-order valence-corrected chi connectivity index (χ1v) is 10.8. The molecule has 0 aliphatic heterocycles. The number of halogens is 1. The molecule has 3 rings (SSSR count). The van der Waals surface area contributed by atoms with Gasteiger partial charge in [-0.25, -0.2) is 9.07 Å². The van der Waals surface area contributed by atoms with Gasteiger partial charge in [0.25, 0.3) is 0 Å². The predicted octanol–water partition coefficient (Wildman–Crippen LogP) is 3.13. The highest BCUT2D eigenvalue weighted by atomic mass is 32.2. The van der Waals surface area contributed by atoms with Gasteiger partial charge in [0.2, 0.25) is 11.1 Å². The van der Waals surface area contributed by atoms with Crippen molar-refractivity contribution < 1.29 is 13.9 Å². The number of carbonyl (C=O) groups excluding carboxylic acids is 1. The Labute approximate surface area is 174 Å². The monoisotopic (exact) mass is 421 g/mol. The third kappa shape index (κ3) is 5.20. The van der Waals surface area contributed by atoms with Crippen molar-refractivity contribution in [3.05, 3.63) is 35.9 Å². The van der Waals surface area contributed by atoms with E-state index in [9.17, 15) is 9.18 Å². The van der Waals surface area contributed by atoms with Gasteiger partial charge >= 0.3 is 0 Å². The minimum atomic E-state index is -0.457. The molecule has 1 fully saturated rings. The molecule has 4 atom stereocenters. The number of thioether (sulfide) groups is 1. The van der Waals surface area contributed by atoms with Crippen LogP contribution in [0.4, 0.5) is 4.39 Å². The van der Waals surface area contributed by atoms with Crippen molar-refractivity contribution in [3.63, 3.8) is 0 Å². The molecule has 2 aromatic rings. The average molecular weight is 422 g/mol. The van der Waals surface area contributed by atoms with Crippen molar-refractivity contribution in [2.24, 2.45) is 11.8 Å². The van der Waals surface area contributed by atoms with Crippen molar-refractivity contribution in [2.45, 2.75) is 63.1 Å². The van der Waals surface area contributed by atoms with Gasteiger partial charge in [-0.2, -0.15) is 0 Å². The predicted molar refractivity (Wildman–Crippen MR) is 110 cm³/mol. The molecule has 0 saturated heterocycles. The van der Waals surface area contributed by atoms with Gasteiger partial charge in [-0.1, -0.05) is 50.6 Å². The lowest BCUT2D eigenvalue weighted by Gasteiger charge is -2.35.